The lowest BCUT2D eigenvalue weighted by Crippen LogP contribution is -2.25. The number of amides is 2. The predicted molar refractivity (Wildman–Crippen MR) is 118 cm³/mol. The molecule has 1 fully saturated rings. The maximum Gasteiger partial charge on any atom is 0.291 e. The number of nitrogens with one attached hydrogen (secondary N) is 2. The number of rotatable bonds is 5. The Hall–Kier alpha value is -3.30. The van der Waals surface area contributed by atoms with Crippen LogP contribution in [0.3, 0.4) is 0 Å². The van der Waals surface area contributed by atoms with Crippen molar-refractivity contribution in [3.8, 4) is 0 Å². The SMILES string of the molecule is O=C(Nc1ccc(Cl)cc1NC(=O)c1ccco1)c1ccc(N2CCCS2(=O)=O)cc1. The molecule has 8 nitrogen and oxygen atoms in total. The molecule has 1 aliphatic rings. The Morgan fingerprint density at radius 2 is 1.71 bits per heavy atom. The zero-order valence-corrected chi connectivity index (χ0v) is 17.7. The van der Waals surface area contributed by atoms with E-state index in [1.54, 1.807) is 42.5 Å². The van der Waals surface area contributed by atoms with Crippen LogP contribution in [0.4, 0.5) is 17.1 Å². The van der Waals surface area contributed by atoms with Crippen LogP contribution in [-0.2, 0) is 10.0 Å². The topological polar surface area (TPSA) is 109 Å². The third-order valence-electron chi connectivity index (χ3n) is 4.74. The van der Waals surface area contributed by atoms with E-state index in [1.807, 2.05) is 0 Å². The third-order valence-corrected chi connectivity index (χ3v) is 6.84. The van der Waals surface area contributed by atoms with Gasteiger partial charge in [-0.2, -0.15) is 0 Å². The molecular formula is C21H18ClN3O5S. The molecule has 1 saturated heterocycles. The van der Waals surface area contributed by atoms with Crippen LogP contribution in [-0.4, -0.2) is 32.5 Å². The number of hydrogen-bond acceptors (Lipinski definition) is 5. The van der Waals surface area contributed by atoms with Crippen molar-refractivity contribution < 1.29 is 22.4 Å². The first kappa shape index (κ1) is 21.0. The summed E-state index contributed by atoms with van der Waals surface area (Å²) in [7, 11) is -3.29. The van der Waals surface area contributed by atoms with Crippen molar-refractivity contribution >= 4 is 50.5 Å². The molecule has 0 atom stereocenters. The van der Waals surface area contributed by atoms with E-state index in [9.17, 15) is 18.0 Å². The van der Waals surface area contributed by atoms with Gasteiger partial charge in [0.2, 0.25) is 10.0 Å². The minimum atomic E-state index is -3.29. The van der Waals surface area contributed by atoms with Crippen LogP contribution in [0.2, 0.25) is 5.02 Å². The number of halogens is 1. The Balaban J connectivity index is 1.51. The van der Waals surface area contributed by atoms with Gasteiger partial charge in [0.1, 0.15) is 0 Å². The average molecular weight is 460 g/mol. The van der Waals surface area contributed by atoms with Crippen LogP contribution in [0.5, 0.6) is 0 Å². The molecule has 2 heterocycles. The number of anilines is 3. The van der Waals surface area contributed by atoms with Gasteiger partial charge in [0.15, 0.2) is 5.76 Å². The lowest BCUT2D eigenvalue weighted by molar-refractivity contribution is 0.0993. The highest BCUT2D eigenvalue weighted by atomic mass is 35.5. The molecule has 4 rings (SSSR count). The summed E-state index contributed by atoms with van der Waals surface area (Å²) in [5.41, 5.74) is 1.51. The van der Waals surface area contributed by atoms with Crippen LogP contribution in [0.15, 0.2) is 65.3 Å². The molecule has 10 heteroatoms. The van der Waals surface area contributed by atoms with Gasteiger partial charge in [0.25, 0.3) is 11.8 Å². The van der Waals surface area contributed by atoms with E-state index in [-0.39, 0.29) is 11.5 Å². The molecule has 0 radical (unpaired) electrons. The van der Waals surface area contributed by atoms with Crippen LogP contribution in [0.25, 0.3) is 0 Å². The molecule has 0 bridgehead atoms. The minimum absolute atomic E-state index is 0.115. The molecule has 2 amide bonds. The van der Waals surface area contributed by atoms with Gasteiger partial charge in [-0.05, 0) is 61.0 Å². The molecule has 31 heavy (non-hydrogen) atoms. The number of sulfonamides is 1. The number of nitrogens with zero attached hydrogens (tertiary/aromatic N) is 1. The largest absolute Gasteiger partial charge is 0.459 e. The van der Waals surface area contributed by atoms with Gasteiger partial charge in [0, 0.05) is 17.1 Å². The van der Waals surface area contributed by atoms with E-state index in [2.05, 4.69) is 10.6 Å². The molecule has 0 unspecified atom stereocenters. The van der Waals surface area contributed by atoms with Gasteiger partial charge in [0.05, 0.1) is 29.1 Å². The summed E-state index contributed by atoms with van der Waals surface area (Å²) >= 11 is 6.04. The average Bonchev–Trinajstić information content (AvgIpc) is 3.39. The van der Waals surface area contributed by atoms with Crippen LogP contribution in [0, 0.1) is 0 Å². The summed E-state index contributed by atoms with van der Waals surface area (Å²) < 4.78 is 30.5. The normalized spacial score (nSPS) is 14.9. The van der Waals surface area contributed by atoms with E-state index in [0.29, 0.717) is 40.6 Å². The van der Waals surface area contributed by atoms with Crippen molar-refractivity contribution in [3.63, 3.8) is 0 Å². The summed E-state index contributed by atoms with van der Waals surface area (Å²) in [4.78, 5) is 25.0. The van der Waals surface area contributed by atoms with Crippen molar-refractivity contribution in [2.45, 2.75) is 6.42 Å². The van der Waals surface area contributed by atoms with E-state index in [0.717, 1.165) is 0 Å². The van der Waals surface area contributed by atoms with Crippen molar-refractivity contribution in [1.29, 1.82) is 0 Å². The third kappa shape index (κ3) is 4.57. The number of hydrogen-bond donors (Lipinski definition) is 2. The second-order valence-corrected chi connectivity index (χ2v) is 9.31. The van der Waals surface area contributed by atoms with E-state index >= 15 is 0 Å². The number of benzene rings is 2. The maximum absolute atomic E-state index is 12.7. The first-order chi connectivity index (χ1) is 14.8. The van der Waals surface area contributed by atoms with Crippen molar-refractivity contribution in [2.75, 3.05) is 27.2 Å². The first-order valence-electron chi connectivity index (χ1n) is 9.40. The molecule has 2 aromatic carbocycles. The molecule has 1 aromatic heterocycles. The second kappa shape index (κ2) is 8.44. The quantitative estimate of drug-likeness (QED) is 0.600. The predicted octanol–water partition coefficient (Wildman–Crippen LogP) is 3.98. The number of furan rings is 1. The molecular weight excluding hydrogens is 442 g/mol. The van der Waals surface area contributed by atoms with Gasteiger partial charge in [-0.3, -0.25) is 13.9 Å². The van der Waals surface area contributed by atoms with Gasteiger partial charge < -0.3 is 15.1 Å². The first-order valence-corrected chi connectivity index (χ1v) is 11.4. The van der Waals surface area contributed by atoms with Crippen LogP contribution in [0.1, 0.15) is 27.3 Å². The van der Waals surface area contributed by atoms with Crippen LogP contribution >= 0.6 is 11.6 Å². The minimum Gasteiger partial charge on any atom is -0.459 e. The Bertz CT molecular complexity index is 1220. The maximum atomic E-state index is 12.7. The summed E-state index contributed by atoms with van der Waals surface area (Å²) in [6.07, 6.45) is 1.96. The molecule has 160 valence electrons. The number of carbonyl (C=O) groups is 2. The molecule has 3 aromatic rings. The number of carbonyl (C=O) groups excluding carboxylic acids is 2. The Morgan fingerprint density at radius 3 is 2.35 bits per heavy atom. The highest BCUT2D eigenvalue weighted by Gasteiger charge is 2.28. The zero-order chi connectivity index (χ0) is 22.0. The summed E-state index contributed by atoms with van der Waals surface area (Å²) in [6.45, 7) is 0.428. The molecule has 1 aliphatic heterocycles. The lowest BCUT2D eigenvalue weighted by Gasteiger charge is -2.17. The van der Waals surface area contributed by atoms with Crippen molar-refractivity contribution in [3.05, 3.63) is 77.2 Å². The Labute approximate surface area is 183 Å². The fourth-order valence-electron chi connectivity index (χ4n) is 3.22. The molecule has 0 saturated carbocycles. The second-order valence-electron chi connectivity index (χ2n) is 6.86. The fourth-order valence-corrected chi connectivity index (χ4v) is 4.96. The van der Waals surface area contributed by atoms with Gasteiger partial charge in [-0.25, -0.2) is 8.42 Å². The zero-order valence-electron chi connectivity index (χ0n) is 16.2. The summed E-state index contributed by atoms with van der Waals surface area (Å²) in [5, 5.41) is 5.77. The van der Waals surface area contributed by atoms with Gasteiger partial charge in [-0.1, -0.05) is 11.6 Å². The van der Waals surface area contributed by atoms with E-state index in [4.69, 9.17) is 16.0 Å². The van der Waals surface area contributed by atoms with Gasteiger partial charge in [-0.15, -0.1) is 0 Å². The standard InChI is InChI=1S/C21H18ClN3O5S/c22-15-6-9-17(18(13-15)24-21(27)19-3-1-11-30-19)23-20(26)14-4-7-16(8-5-14)25-10-2-12-31(25,28)29/h1,3-9,11,13H,2,10,12H2,(H,23,26)(H,24,27). The Kier molecular flexibility index (Phi) is 5.71. The van der Waals surface area contributed by atoms with Gasteiger partial charge >= 0.3 is 0 Å². The lowest BCUT2D eigenvalue weighted by atomic mass is 10.1. The molecule has 0 aliphatic carbocycles. The van der Waals surface area contributed by atoms with Crippen LogP contribution < -0.4 is 14.9 Å². The molecule has 2 N–H and O–H groups in total. The van der Waals surface area contributed by atoms with Crippen molar-refractivity contribution in [1.82, 2.24) is 0 Å². The Morgan fingerprint density at radius 1 is 0.968 bits per heavy atom. The fraction of sp³-hybridized carbons (Fsp3) is 0.143. The summed E-state index contributed by atoms with van der Waals surface area (Å²) in [6, 6.07) is 14.1. The summed E-state index contributed by atoms with van der Waals surface area (Å²) in [5.74, 6) is -0.673. The van der Waals surface area contributed by atoms with E-state index in [1.165, 1.54) is 22.7 Å². The highest BCUT2D eigenvalue weighted by molar-refractivity contribution is 7.93. The van der Waals surface area contributed by atoms with Crippen molar-refractivity contribution in [2.24, 2.45) is 0 Å². The highest BCUT2D eigenvalue weighted by Crippen LogP contribution is 2.28. The van der Waals surface area contributed by atoms with E-state index < -0.39 is 21.8 Å². The monoisotopic (exact) mass is 459 g/mol. The molecule has 0 spiro atoms. The smallest absolute Gasteiger partial charge is 0.291 e.